The third-order valence-electron chi connectivity index (χ3n) is 2.23. The molecule has 1 aromatic carbocycles. The van der Waals surface area contributed by atoms with Gasteiger partial charge in [-0.2, -0.15) is 0 Å². The van der Waals surface area contributed by atoms with E-state index in [-0.39, 0.29) is 18.4 Å². The zero-order valence-electron chi connectivity index (χ0n) is 9.04. The second-order valence-electron chi connectivity index (χ2n) is 3.41. The number of imidazole rings is 1. The van der Waals surface area contributed by atoms with Crippen LogP contribution < -0.4 is 5.32 Å². The monoisotopic (exact) mass is 229 g/mol. The smallest absolute Gasteiger partial charge is 0.251 e. The quantitative estimate of drug-likeness (QED) is 0.852. The van der Waals surface area contributed by atoms with Crippen LogP contribution in [-0.4, -0.2) is 27.9 Å². The molecular formula is C12H11N3O2. The Balaban J connectivity index is 1.91. The average Bonchev–Trinajstić information content (AvgIpc) is 2.90. The Morgan fingerprint density at radius 2 is 2.00 bits per heavy atom. The van der Waals surface area contributed by atoms with Gasteiger partial charge in [-0.15, -0.1) is 0 Å². The fourth-order valence-electron chi connectivity index (χ4n) is 1.35. The molecule has 5 nitrogen and oxygen atoms in total. The predicted molar refractivity (Wildman–Crippen MR) is 61.6 cm³/mol. The molecule has 0 bridgehead atoms. The van der Waals surface area contributed by atoms with Crippen molar-refractivity contribution in [3.8, 4) is 0 Å². The van der Waals surface area contributed by atoms with Gasteiger partial charge in [0.25, 0.3) is 11.8 Å². The van der Waals surface area contributed by atoms with E-state index >= 15 is 0 Å². The second kappa shape index (κ2) is 5.07. The minimum Gasteiger partial charge on any atom is -0.343 e. The van der Waals surface area contributed by atoms with Crippen molar-refractivity contribution in [2.24, 2.45) is 0 Å². The molecule has 17 heavy (non-hydrogen) atoms. The molecule has 0 atom stereocenters. The number of hydrogen-bond donors (Lipinski definition) is 1. The fourth-order valence-corrected chi connectivity index (χ4v) is 1.35. The standard InChI is InChI=1S/C12H11N3O2/c16-11(15-7-6-13-9-15)8-14-12(17)10-4-2-1-3-5-10/h1-7,9H,8H2,(H,14,17). The maximum Gasteiger partial charge on any atom is 0.251 e. The van der Waals surface area contributed by atoms with E-state index in [4.69, 9.17) is 0 Å². The van der Waals surface area contributed by atoms with E-state index in [1.165, 1.54) is 23.3 Å². The maximum atomic E-state index is 11.6. The van der Waals surface area contributed by atoms with E-state index < -0.39 is 0 Å². The first kappa shape index (κ1) is 11.1. The Hall–Kier alpha value is -2.43. The zero-order chi connectivity index (χ0) is 12.1. The Bertz CT molecular complexity index is 506. The maximum absolute atomic E-state index is 11.6. The van der Waals surface area contributed by atoms with Gasteiger partial charge in [0.2, 0.25) is 0 Å². The van der Waals surface area contributed by atoms with Crippen LogP contribution >= 0.6 is 0 Å². The highest BCUT2D eigenvalue weighted by molar-refractivity contribution is 5.96. The molecule has 0 radical (unpaired) electrons. The van der Waals surface area contributed by atoms with Crippen molar-refractivity contribution in [2.45, 2.75) is 0 Å². The summed E-state index contributed by atoms with van der Waals surface area (Å²) in [7, 11) is 0. The van der Waals surface area contributed by atoms with Crippen molar-refractivity contribution in [2.75, 3.05) is 6.54 Å². The molecule has 2 aromatic rings. The zero-order valence-corrected chi connectivity index (χ0v) is 9.04. The van der Waals surface area contributed by atoms with Crippen molar-refractivity contribution in [3.05, 3.63) is 54.6 Å². The molecule has 1 amide bonds. The van der Waals surface area contributed by atoms with Gasteiger partial charge in [-0.05, 0) is 12.1 Å². The van der Waals surface area contributed by atoms with E-state index in [0.29, 0.717) is 5.56 Å². The summed E-state index contributed by atoms with van der Waals surface area (Å²) < 4.78 is 1.32. The summed E-state index contributed by atoms with van der Waals surface area (Å²) in [6.45, 7) is -0.0515. The molecule has 0 fully saturated rings. The van der Waals surface area contributed by atoms with Crippen molar-refractivity contribution in [3.63, 3.8) is 0 Å². The van der Waals surface area contributed by atoms with Crippen molar-refractivity contribution >= 4 is 11.8 Å². The highest BCUT2D eigenvalue weighted by atomic mass is 16.2. The fraction of sp³-hybridized carbons (Fsp3) is 0.0833. The highest BCUT2D eigenvalue weighted by Crippen LogP contribution is 1.97. The number of hydrogen-bond acceptors (Lipinski definition) is 3. The average molecular weight is 229 g/mol. The molecular weight excluding hydrogens is 218 g/mol. The summed E-state index contributed by atoms with van der Waals surface area (Å²) in [6.07, 6.45) is 4.45. The van der Waals surface area contributed by atoms with E-state index in [9.17, 15) is 9.59 Å². The van der Waals surface area contributed by atoms with E-state index in [2.05, 4.69) is 10.3 Å². The van der Waals surface area contributed by atoms with Crippen LogP contribution in [0.3, 0.4) is 0 Å². The second-order valence-corrected chi connectivity index (χ2v) is 3.41. The van der Waals surface area contributed by atoms with E-state index in [0.717, 1.165) is 0 Å². The molecule has 0 saturated carbocycles. The first-order valence-electron chi connectivity index (χ1n) is 5.12. The number of rotatable bonds is 3. The molecule has 2 rings (SSSR count). The van der Waals surface area contributed by atoms with Gasteiger partial charge in [-0.3, -0.25) is 14.2 Å². The number of amides is 1. The first-order chi connectivity index (χ1) is 8.27. The molecule has 0 spiro atoms. The summed E-state index contributed by atoms with van der Waals surface area (Å²) >= 11 is 0. The van der Waals surface area contributed by atoms with Gasteiger partial charge in [0.1, 0.15) is 6.33 Å². The Morgan fingerprint density at radius 1 is 1.24 bits per heavy atom. The number of carbonyl (C=O) groups excluding carboxylic acids is 2. The molecule has 5 heteroatoms. The van der Waals surface area contributed by atoms with Gasteiger partial charge in [-0.25, -0.2) is 4.98 Å². The van der Waals surface area contributed by atoms with Crippen molar-refractivity contribution < 1.29 is 9.59 Å². The summed E-state index contributed by atoms with van der Waals surface area (Å²) in [5.41, 5.74) is 0.533. The van der Waals surface area contributed by atoms with Gasteiger partial charge in [0, 0.05) is 18.0 Å². The minimum absolute atomic E-state index is 0.0515. The number of nitrogens with zero attached hydrogens (tertiary/aromatic N) is 2. The van der Waals surface area contributed by atoms with Crippen LogP contribution in [0.15, 0.2) is 49.1 Å². The third kappa shape index (κ3) is 2.78. The molecule has 0 aliphatic rings. The molecule has 1 heterocycles. The minimum atomic E-state index is -0.265. The van der Waals surface area contributed by atoms with Crippen LogP contribution in [0.5, 0.6) is 0 Å². The van der Waals surface area contributed by atoms with E-state index in [1.807, 2.05) is 6.07 Å². The largest absolute Gasteiger partial charge is 0.343 e. The Kier molecular flexibility index (Phi) is 3.30. The molecule has 86 valence electrons. The predicted octanol–water partition coefficient (Wildman–Crippen LogP) is 0.953. The number of benzene rings is 1. The van der Waals surface area contributed by atoms with Gasteiger partial charge in [0.15, 0.2) is 0 Å². The number of carbonyl (C=O) groups is 2. The van der Waals surface area contributed by atoms with Crippen LogP contribution in [-0.2, 0) is 0 Å². The molecule has 0 saturated heterocycles. The molecule has 0 aliphatic carbocycles. The summed E-state index contributed by atoms with van der Waals surface area (Å²) in [5.74, 6) is -0.495. The van der Waals surface area contributed by atoms with Crippen molar-refractivity contribution in [1.29, 1.82) is 0 Å². The lowest BCUT2D eigenvalue weighted by Gasteiger charge is -2.04. The number of aromatic nitrogens is 2. The lowest BCUT2D eigenvalue weighted by molar-refractivity contribution is 0.0861. The number of nitrogens with one attached hydrogen (secondary N) is 1. The Labute approximate surface area is 98.1 Å². The lowest BCUT2D eigenvalue weighted by atomic mass is 10.2. The molecule has 1 N–H and O–H groups in total. The summed E-state index contributed by atoms with van der Waals surface area (Å²) in [5, 5.41) is 2.55. The summed E-state index contributed by atoms with van der Waals surface area (Å²) in [6, 6.07) is 8.75. The van der Waals surface area contributed by atoms with Crippen LogP contribution in [0, 0.1) is 0 Å². The normalized spacial score (nSPS) is 9.88. The third-order valence-corrected chi connectivity index (χ3v) is 2.23. The van der Waals surface area contributed by atoms with Gasteiger partial charge in [-0.1, -0.05) is 18.2 Å². The molecule has 1 aromatic heterocycles. The molecule has 0 aliphatic heterocycles. The molecule has 0 unspecified atom stereocenters. The van der Waals surface area contributed by atoms with Crippen molar-refractivity contribution in [1.82, 2.24) is 14.9 Å². The van der Waals surface area contributed by atoms with Crippen LogP contribution in [0.25, 0.3) is 0 Å². The van der Waals surface area contributed by atoms with Crippen LogP contribution in [0.2, 0.25) is 0 Å². The topological polar surface area (TPSA) is 64.0 Å². The Morgan fingerprint density at radius 3 is 2.65 bits per heavy atom. The van der Waals surface area contributed by atoms with Crippen LogP contribution in [0.4, 0.5) is 0 Å². The first-order valence-corrected chi connectivity index (χ1v) is 5.12. The SMILES string of the molecule is O=C(NCC(=O)n1ccnc1)c1ccccc1. The van der Waals surface area contributed by atoms with E-state index in [1.54, 1.807) is 24.3 Å². The van der Waals surface area contributed by atoms with Gasteiger partial charge >= 0.3 is 0 Å². The summed E-state index contributed by atoms with van der Waals surface area (Å²) in [4.78, 5) is 26.9. The van der Waals surface area contributed by atoms with Crippen LogP contribution in [0.1, 0.15) is 15.2 Å². The highest BCUT2D eigenvalue weighted by Gasteiger charge is 2.08. The van der Waals surface area contributed by atoms with Gasteiger partial charge in [0.05, 0.1) is 6.54 Å². The lowest BCUT2D eigenvalue weighted by Crippen LogP contribution is -2.31. The van der Waals surface area contributed by atoms with Gasteiger partial charge < -0.3 is 5.32 Å².